The van der Waals surface area contributed by atoms with Crippen molar-refractivity contribution in [3.63, 3.8) is 0 Å². The second-order valence-corrected chi connectivity index (χ2v) is 14.2. The number of amides is 3. The third-order valence-corrected chi connectivity index (χ3v) is 11.3. The van der Waals surface area contributed by atoms with E-state index >= 15 is 0 Å². The number of likely N-dealkylation sites (tertiary alicyclic amines) is 1. The van der Waals surface area contributed by atoms with Crippen molar-refractivity contribution >= 4 is 35.1 Å². The molecule has 3 amide bonds. The second kappa shape index (κ2) is 16.0. The van der Waals surface area contributed by atoms with Gasteiger partial charge in [-0.3, -0.25) is 19.2 Å². The first-order valence-electron chi connectivity index (χ1n) is 18.8. The fourth-order valence-electron chi connectivity index (χ4n) is 8.36. The van der Waals surface area contributed by atoms with Crippen molar-refractivity contribution < 1.29 is 33.8 Å². The van der Waals surface area contributed by atoms with Crippen LogP contribution in [0.25, 0.3) is 0 Å². The van der Waals surface area contributed by atoms with Gasteiger partial charge >= 0.3 is 5.97 Å². The highest BCUT2D eigenvalue weighted by molar-refractivity contribution is 6.05. The van der Waals surface area contributed by atoms with Crippen LogP contribution in [0.2, 0.25) is 0 Å². The molecule has 2 aromatic carbocycles. The zero-order chi connectivity index (χ0) is 37.0. The van der Waals surface area contributed by atoms with Crippen molar-refractivity contribution in [3.8, 4) is 0 Å². The van der Waals surface area contributed by atoms with Gasteiger partial charge in [-0.2, -0.15) is 0 Å². The molecule has 7 atom stereocenters. The minimum atomic E-state index is -1.43. The van der Waals surface area contributed by atoms with E-state index in [9.17, 15) is 24.3 Å². The third-order valence-electron chi connectivity index (χ3n) is 11.3. The van der Waals surface area contributed by atoms with Gasteiger partial charge in [-0.15, -0.1) is 0 Å². The number of carbonyl (C=O) groups excluding carboxylic acids is 4. The molecular formula is C41H52N4O7. The van der Waals surface area contributed by atoms with Gasteiger partial charge in [0.2, 0.25) is 11.8 Å². The number of benzene rings is 2. The van der Waals surface area contributed by atoms with Crippen LogP contribution in [0.15, 0.2) is 78.9 Å². The number of anilines is 2. The summed E-state index contributed by atoms with van der Waals surface area (Å²) >= 11 is 0. The highest BCUT2D eigenvalue weighted by Crippen LogP contribution is 2.53. The molecule has 1 spiro atoms. The van der Waals surface area contributed by atoms with E-state index in [1.54, 1.807) is 27.8 Å². The van der Waals surface area contributed by atoms with Crippen molar-refractivity contribution in [1.82, 2.24) is 9.80 Å². The fourth-order valence-corrected chi connectivity index (χ4v) is 8.36. The minimum absolute atomic E-state index is 0.0374. The van der Waals surface area contributed by atoms with Crippen LogP contribution in [0.1, 0.15) is 64.5 Å². The predicted molar refractivity (Wildman–Crippen MR) is 198 cm³/mol. The summed E-state index contributed by atoms with van der Waals surface area (Å²) in [5, 5.41) is 9.44. The Labute approximate surface area is 306 Å². The maximum Gasteiger partial charge on any atom is 0.313 e. The van der Waals surface area contributed by atoms with E-state index in [2.05, 4.69) is 18.7 Å². The van der Waals surface area contributed by atoms with E-state index in [1.807, 2.05) is 79.7 Å². The van der Waals surface area contributed by atoms with E-state index in [-0.39, 0.29) is 43.8 Å². The maximum atomic E-state index is 14.9. The number of ether oxygens (including phenoxy) is 2. The largest absolute Gasteiger partial charge is 0.455 e. The van der Waals surface area contributed by atoms with Gasteiger partial charge in [-0.05, 0) is 76.3 Å². The van der Waals surface area contributed by atoms with E-state index in [0.29, 0.717) is 31.4 Å². The Bertz CT molecular complexity index is 1660. The molecule has 0 radical (unpaired) electrons. The van der Waals surface area contributed by atoms with Gasteiger partial charge in [0.05, 0.1) is 18.1 Å². The molecule has 0 aliphatic carbocycles. The number of cyclic esters (lactones) is 1. The van der Waals surface area contributed by atoms with Gasteiger partial charge in [0, 0.05) is 57.6 Å². The quantitative estimate of drug-likeness (QED) is 0.215. The van der Waals surface area contributed by atoms with Gasteiger partial charge in [0.25, 0.3) is 5.91 Å². The maximum absolute atomic E-state index is 14.9. The molecule has 11 heteroatoms. The Morgan fingerprint density at radius 3 is 2.35 bits per heavy atom. The molecule has 52 heavy (non-hydrogen) atoms. The average Bonchev–Trinajstić information content (AvgIpc) is 3.54. The Hall–Kier alpha value is -4.48. The summed E-state index contributed by atoms with van der Waals surface area (Å²) in [6.45, 7) is 8.35. The number of carbonyl (C=O) groups is 4. The smallest absolute Gasteiger partial charge is 0.313 e. The first-order valence-corrected chi connectivity index (χ1v) is 18.8. The van der Waals surface area contributed by atoms with E-state index in [4.69, 9.17) is 9.47 Å². The number of esters is 1. The first-order chi connectivity index (χ1) is 25.2. The van der Waals surface area contributed by atoms with Crippen molar-refractivity contribution in [1.29, 1.82) is 0 Å². The third kappa shape index (κ3) is 6.88. The average molecular weight is 713 g/mol. The lowest BCUT2D eigenvalue weighted by molar-refractivity contribution is -0.164. The number of unbranched alkanes of at least 4 members (excludes halogenated alkanes) is 2. The highest BCUT2D eigenvalue weighted by atomic mass is 16.6. The summed E-state index contributed by atoms with van der Waals surface area (Å²) < 4.78 is 13.3. The molecule has 0 saturated carbocycles. The van der Waals surface area contributed by atoms with E-state index in [0.717, 1.165) is 24.3 Å². The lowest BCUT2D eigenvalue weighted by atomic mass is 9.77. The zero-order valence-electron chi connectivity index (χ0n) is 30.7. The van der Waals surface area contributed by atoms with Crippen LogP contribution in [0, 0.1) is 11.8 Å². The van der Waals surface area contributed by atoms with Crippen molar-refractivity contribution in [2.45, 2.75) is 82.8 Å². The molecule has 11 nitrogen and oxygen atoms in total. The van der Waals surface area contributed by atoms with Crippen LogP contribution >= 0.6 is 0 Å². The van der Waals surface area contributed by atoms with Crippen LogP contribution in [-0.2, 0) is 28.7 Å². The minimum Gasteiger partial charge on any atom is -0.455 e. The van der Waals surface area contributed by atoms with Gasteiger partial charge in [-0.25, -0.2) is 0 Å². The Morgan fingerprint density at radius 1 is 0.923 bits per heavy atom. The Balaban J connectivity index is 1.40. The molecule has 0 unspecified atom stereocenters. The van der Waals surface area contributed by atoms with Crippen LogP contribution in [0.5, 0.6) is 0 Å². The summed E-state index contributed by atoms with van der Waals surface area (Å²) in [4.78, 5) is 64.6. The first kappa shape index (κ1) is 37.3. The lowest BCUT2D eigenvalue weighted by Crippen LogP contribution is -2.55. The molecule has 4 aliphatic rings. The van der Waals surface area contributed by atoms with Gasteiger partial charge < -0.3 is 34.2 Å². The number of hydrogen-bond donors (Lipinski definition) is 1. The molecular weight excluding hydrogens is 660 g/mol. The molecule has 2 fully saturated rings. The Morgan fingerprint density at radius 2 is 1.65 bits per heavy atom. The van der Waals surface area contributed by atoms with Crippen LogP contribution in [-0.4, -0.2) is 102 Å². The normalized spacial score (nSPS) is 29.8. The van der Waals surface area contributed by atoms with Gasteiger partial charge in [0.15, 0.2) is 0 Å². The molecule has 2 aromatic rings. The van der Waals surface area contributed by atoms with E-state index in [1.165, 1.54) is 0 Å². The van der Waals surface area contributed by atoms with Crippen molar-refractivity contribution in [2.24, 2.45) is 11.8 Å². The molecule has 278 valence electrons. The summed E-state index contributed by atoms with van der Waals surface area (Å²) in [6, 6.07) is 15.7. The molecule has 4 heterocycles. The van der Waals surface area contributed by atoms with Crippen LogP contribution in [0.4, 0.5) is 11.4 Å². The predicted octanol–water partition coefficient (Wildman–Crippen LogP) is 4.66. The molecule has 6 rings (SSSR count). The highest BCUT2D eigenvalue weighted by Gasteiger charge is 2.71. The number of hydrogen-bond acceptors (Lipinski definition) is 8. The number of aliphatic hydroxyl groups excluding tert-OH is 1. The molecule has 0 bridgehead atoms. The van der Waals surface area contributed by atoms with Crippen LogP contribution in [0.3, 0.4) is 0 Å². The molecule has 1 N–H and O–H groups in total. The van der Waals surface area contributed by atoms with Crippen molar-refractivity contribution in [3.05, 3.63) is 84.5 Å². The summed E-state index contributed by atoms with van der Waals surface area (Å²) in [7, 11) is 1.72. The molecule has 2 saturated heterocycles. The summed E-state index contributed by atoms with van der Waals surface area (Å²) in [5.41, 5.74) is 1.06. The lowest BCUT2D eigenvalue weighted by Gasteiger charge is -2.35. The number of nitrogens with zero attached hydrogens (tertiary/aromatic N) is 4. The Kier molecular flexibility index (Phi) is 11.5. The number of fused-ring (bicyclic) bond motifs is 2. The number of aliphatic hydroxyl groups is 1. The van der Waals surface area contributed by atoms with Gasteiger partial charge in [0.1, 0.15) is 23.7 Å². The monoisotopic (exact) mass is 712 g/mol. The molecule has 0 aromatic heterocycles. The SMILES string of the molecule is CCN(CC)c1ccc(N2CC=C[C@]34O[C@@H]5/C=C\CCC(=O)N(C)[C@H](C)[C@@H](c6ccccc6)OC(=O)[C@@H]5[C@H]3C(=O)N(CCCCCO)[C@@H]4C2=O)cc1. The van der Waals surface area contributed by atoms with Gasteiger partial charge in [-0.1, -0.05) is 54.6 Å². The van der Waals surface area contributed by atoms with E-state index < -0.39 is 47.7 Å². The number of allylic oxidation sites excluding steroid dienone is 1. The fraction of sp³-hybridized carbons (Fsp3) is 0.512. The number of likely N-dealkylation sites (N-methyl/N-ethyl adjacent to an activating group) is 1. The molecule has 4 aliphatic heterocycles. The summed E-state index contributed by atoms with van der Waals surface area (Å²) in [5.74, 6) is -3.35. The zero-order valence-corrected chi connectivity index (χ0v) is 30.7. The van der Waals surface area contributed by atoms with Crippen molar-refractivity contribution in [2.75, 3.05) is 49.6 Å². The number of rotatable bonds is 10. The topological polar surface area (TPSA) is 120 Å². The van der Waals surface area contributed by atoms with Crippen LogP contribution < -0.4 is 9.80 Å². The second-order valence-electron chi connectivity index (χ2n) is 14.2. The standard InChI is InChI=1S/C41H52N4O7/c1-5-43(6-2)30-20-22-31(23-21-30)44-26-15-24-41-35(38(48)45(37(41)39(44)49)25-13-8-14-27-46)34-32(52-41)18-11-12-19-33(47)42(4)28(3)36(51-40(34)50)29-16-9-7-10-17-29/h7,9-11,15-18,20-24,28,32,34-37,46H,5-6,8,12-14,19,25-27H2,1-4H3/b18-11-/t28-,32-,34+,35+,36+,37-,41+/m1/s1. The summed E-state index contributed by atoms with van der Waals surface area (Å²) in [6.07, 6.45) is 8.13.